The Hall–Kier alpha value is -1.62. The Morgan fingerprint density at radius 1 is 1.64 bits per heavy atom. The smallest absolute Gasteiger partial charge is 0.334 e. The standard InChI is InChI=1S/C9H12N2O3/c1-14-8(9(12)13)6-11-7-2-4-10-5-3-7/h2-5,8H,6H2,1H3,(H,10,11)(H,12,13). The number of pyridine rings is 1. The predicted molar refractivity (Wildman–Crippen MR) is 51.2 cm³/mol. The highest BCUT2D eigenvalue weighted by Gasteiger charge is 2.15. The van der Waals surface area contributed by atoms with Gasteiger partial charge in [-0.05, 0) is 12.1 Å². The van der Waals surface area contributed by atoms with Crippen molar-refractivity contribution in [2.24, 2.45) is 0 Å². The van der Waals surface area contributed by atoms with Gasteiger partial charge in [0.1, 0.15) is 0 Å². The van der Waals surface area contributed by atoms with Gasteiger partial charge in [-0.15, -0.1) is 0 Å². The first-order valence-corrected chi connectivity index (χ1v) is 4.13. The van der Waals surface area contributed by atoms with Crippen LogP contribution in [0.4, 0.5) is 5.69 Å². The van der Waals surface area contributed by atoms with Crippen molar-refractivity contribution in [1.29, 1.82) is 0 Å². The first kappa shape index (κ1) is 10.5. The van der Waals surface area contributed by atoms with E-state index in [4.69, 9.17) is 9.84 Å². The van der Waals surface area contributed by atoms with Crippen molar-refractivity contribution in [2.45, 2.75) is 6.10 Å². The van der Waals surface area contributed by atoms with E-state index < -0.39 is 12.1 Å². The molecule has 5 nitrogen and oxygen atoms in total. The maximum absolute atomic E-state index is 10.6. The third-order valence-corrected chi connectivity index (χ3v) is 1.73. The topological polar surface area (TPSA) is 71.5 Å². The lowest BCUT2D eigenvalue weighted by atomic mass is 10.3. The number of hydrogen-bond donors (Lipinski definition) is 2. The second-order valence-electron chi connectivity index (χ2n) is 2.68. The third kappa shape index (κ3) is 3.02. The molecule has 0 saturated carbocycles. The molecule has 1 aromatic heterocycles. The Balaban J connectivity index is 2.44. The maximum Gasteiger partial charge on any atom is 0.334 e. The summed E-state index contributed by atoms with van der Waals surface area (Å²) in [6.07, 6.45) is 2.43. The van der Waals surface area contributed by atoms with Crippen molar-refractivity contribution in [3.05, 3.63) is 24.5 Å². The van der Waals surface area contributed by atoms with Crippen molar-refractivity contribution in [3.63, 3.8) is 0 Å². The van der Waals surface area contributed by atoms with Gasteiger partial charge in [-0.25, -0.2) is 4.79 Å². The van der Waals surface area contributed by atoms with E-state index in [1.165, 1.54) is 7.11 Å². The van der Waals surface area contributed by atoms with Crippen LogP contribution in [0.5, 0.6) is 0 Å². The fourth-order valence-corrected chi connectivity index (χ4v) is 0.952. The molecule has 0 radical (unpaired) electrons. The highest BCUT2D eigenvalue weighted by Crippen LogP contribution is 2.03. The Kier molecular flexibility index (Phi) is 3.87. The summed E-state index contributed by atoms with van der Waals surface area (Å²) in [6, 6.07) is 3.52. The molecule has 0 aliphatic carbocycles. The molecular weight excluding hydrogens is 184 g/mol. The van der Waals surface area contributed by atoms with Gasteiger partial charge >= 0.3 is 5.97 Å². The highest BCUT2D eigenvalue weighted by molar-refractivity contribution is 5.73. The number of hydrogen-bond acceptors (Lipinski definition) is 4. The van der Waals surface area contributed by atoms with Crippen LogP contribution in [0.15, 0.2) is 24.5 Å². The fourth-order valence-electron chi connectivity index (χ4n) is 0.952. The van der Waals surface area contributed by atoms with Crippen LogP contribution in [0.1, 0.15) is 0 Å². The zero-order valence-electron chi connectivity index (χ0n) is 7.80. The molecule has 0 saturated heterocycles. The lowest BCUT2D eigenvalue weighted by molar-refractivity contribution is -0.147. The molecule has 1 aromatic rings. The summed E-state index contributed by atoms with van der Waals surface area (Å²) >= 11 is 0. The molecule has 0 bridgehead atoms. The van der Waals surface area contributed by atoms with Crippen LogP contribution in [0, 0.1) is 0 Å². The van der Waals surface area contributed by atoms with E-state index in [2.05, 4.69) is 10.3 Å². The van der Waals surface area contributed by atoms with Crippen LogP contribution in [0.25, 0.3) is 0 Å². The molecule has 0 amide bonds. The van der Waals surface area contributed by atoms with Crippen LogP contribution in [0.3, 0.4) is 0 Å². The molecule has 14 heavy (non-hydrogen) atoms. The average molecular weight is 196 g/mol. The normalized spacial score (nSPS) is 12.1. The number of rotatable bonds is 5. The molecule has 1 rings (SSSR count). The van der Waals surface area contributed by atoms with E-state index in [-0.39, 0.29) is 6.54 Å². The average Bonchev–Trinajstić information content (AvgIpc) is 2.20. The lowest BCUT2D eigenvalue weighted by Crippen LogP contribution is -2.30. The zero-order chi connectivity index (χ0) is 10.4. The summed E-state index contributed by atoms with van der Waals surface area (Å²) in [5.74, 6) is -0.978. The van der Waals surface area contributed by atoms with Crippen molar-refractivity contribution < 1.29 is 14.6 Å². The predicted octanol–water partition coefficient (Wildman–Crippen LogP) is 0.593. The van der Waals surface area contributed by atoms with Crippen LogP contribution < -0.4 is 5.32 Å². The minimum atomic E-state index is -0.978. The van der Waals surface area contributed by atoms with Crippen LogP contribution >= 0.6 is 0 Å². The SMILES string of the molecule is COC(CNc1ccncc1)C(=O)O. The Labute approximate surface area is 81.7 Å². The summed E-state index contributed by atoms with van der Waals surface area (Å²) in [4.78, 5) is 14.4. The number of carboxylic acids is 1. The number of anilines is 1. The van der Waals surface area contributed by atoms with E-state index in [9.17, 15) is 4.79 Å². The van der Waals surface area contributed by atoms with E-state index in [0.29, 0.717) is 0 Å². The minimum Gasteiger partial charge on any atom is -0.479 e. The maximum atomic E-state index is 10.6. The number of nitrogens with zero attached hydrogens (tertiary/aromatic N) is 1. The van der Waals surface area contributed by atoms with Gasteiger partial charge in [0.25, 0.3) is 0 Å². The van der Waals surface area contributed by atoms with Gasteiger partial charge in [0.2, 0.25) is 0 Å². The van der Waals surface area contributed by atoms with Gasteiger partial charge < -0.3 is 15.2 Å². The summed E-state index contributed by atoms with van der Waals surface area (Å²) in [6.45, 7) is 0.232. The first-order chi connectivity index (χ1) is 6.74. The quantitative estimate of drug-likeness (QED) is 0.721. The van der Waals surface area contributed by atoms with Gasteiger partial charge in [-0.3, -0.25) is 4.98 Å². The van der Waals surface area contributed by atoms with Crippen molar-refractivity contribution >= 4 is 11.7 Å². The largest absolute Gasteiger partial charge is 0.479 e. The Morgan fingerprint density at radius 3 is 2.79 bits per heavy atom. The number of aliphatic carboxylic acids is 1. The van der Waals surface area contributed by atoms with Crippen molar-refractivity contribution in [1.82, 2.24) is 4.98 Å². The molecular formula is C9H12N2O3. The van der Waals surface area contributed by atoms with Crippen LogP contribution in [-0.4, -0.2) is 35.8 Å². The molecule has 5 heteroatoms. The Morgan fingerprint density at radius 2 is 2.29 bits per heavy atom. The van der Waals surface area contributed by atoms with Crippen LogP contribution in [0.2, 0.25) is 0 Å². The second kappa shape index (κ2) is 5.18. The van der Waals surface area contributed by atoms with E-state index in [0.717, 1.165) is 5.69 Å². The van der Waals surface area contributed by atoms with Gasteiger partial charge in [0.15, 0.2) is 6.10 Å². The summed E-state index contributed by atoms with van der Waals surface area (Å²) in [5.41, 5.74) is 0.823. The number of nitrogens with one attached hydrogen (secondary N) is 1. The molecule has 0 aromatic carbocycles. The molecule has 1 heterocycles. The lowest BCUT2D eigenvalue weighted by Gasteiger charge is -2.11. The summed E-state index contributed by atoms with van der Waals surface area (Å²) in [5, 5.41) is 11.6. The second-order valence-corrected chi connectivity index (χ2v) is 2.68. The molecule has 0 aliphatic heterocycles. The molecule has 76 valence electrons. The highest BCUT2D eigenvalue weighted by atomic mass is 16.5. The first-order valence-electron chi connectivity index (χ1n) is 4.13. The zero-order valence-corrected chi connectivity index (χ0v) is 7.80. The number of carboxylic acid groups (broad SMARTS) is 1. The van der Waals surface area contributed by atoms with E-state index in [1.807, 2.05) is 0 Å². The van der Waals surface area contributed by atoms with Crippen molar-refractivity contribution in [3.8, 4) is 0 Å². The molecule has 1 unspecified atom stereocenters. The minimum absolute atomic E-state index is 0.232. The van der Waals surface area contributed by atoms with Gasteiger partial charge in [0, 0.05) is 25.2 Å². The number of methoxy groups -OCH3 is 1. The fraction of sp³-hybridized carbons (Fsp3) is 0.333. The van der Waals surface area contributed by atoms with Gasteiger partial charge in [-0.1, -0.05) is 0 Å². The number of carbonyl (C=O) groups is 1. The monoisotopic (exact) mass is 196 g/mol. The summed E-state index contributed by atoms with van der Waals surface area (Å²) in [7, 11) is 1.37. The van der Waals surface area contributed by atoms with E-state index in [1.54, 1.807) is 24.5 Å². The molecule has 2 N–H and O–H groups in total. The molecule has 0 fully saturated rings. The van der Waals surface area contributed by atoms with Gasteiger partial charge in [-0.2, -0.15) is 0 Å². The van der Waals surface area contributed by atoms with E-state index >= 15 is 0 Å². The Bertz CT molecular complexity index is 289. The molecule has 1 atom stereocenters. The third-order valence-electron chi connectivity index (χ3n) is 1.73. The number of ether oxygens (including phenoxy) is 1. The van der Waals surface area contributed by atoms with Crippen LogP contribution in [-0.2, 0) is 9.53 Å². The van der Waals surface area contributed by atoms with Crippen molar-refractivity contribution in [2.75, 3.05) is 19.0 Å². The summed E-state index contributed by atoms with van der Waals surface area (Å²) < 4.78 is 4.76. The molecule has 0 spiro atoms. The molecule has 0 aliphatic rings. The van der Waals surface area contributed by atoms with Gasteiger partial charge in [0.05, 0.1) is 6.54 Å². The number of aromatic nitrogens is 1.